The number of rotatable bonds is 9. The van der Waals surface area contributed by atoms with Crippen molar-refractivity contribution in [3.63, 3.8) is 0 Å². The van der Waals surface area contributed by atoms with E-state index in [1.165, 1.54) is 12.0 Å². The average molecular weight is 440 g/mol. The number of methoxy groups -OCH3 is 1. The molecule has 3 rings (SSSR count). The fourth-order valence-corrected chi connectivity index (χ4v) is 3.54. The zero-order valence-corrected chi connectivity index (χ0v) is 18.6. The highest BCUT2D eigenvalue weighted by molar-refractivity contribution is 7.09. The monoisotopic (exact) mass is 439 g/mol. The molecule has 7 nitrogen and oxygen atoms in total. The number of likely N-dealkylation sites (N-methyl/N-ethyl adjacent to an activating group) is 1. The van der Waals surface area contributed by atoms with Gasteiger partial charge in [0.2, 0.25) is 5.91 Å². The number of ether oxygens (including phenoxy) is 2. The van der Waals surface area contributed by atoms with Gasteiger partial charge in [0, 0.05) is 17.5 Å². The fraction of sp³-hybridized carbons (Fsp3) is 0.261. The number of nitrogens with one attached hydrogen (secondary N) is 1. The molecule has 0 fully saturated rings. The van der Waals surface area contributed by atoms with E-state index in [0.717, 1.165) is 10.7 Å². The van der Waals surface area contributed by atoms with Crippen molar-refractivity contribution in [2.75, 3.05) is 25.5 Å². The number of anilines is 1. The molecule has 0 atom stereocenters. The van der Waals surface area contributed by atoms with E-state index < -0.39 is 0 Å². The lowest BCUT2D eigenvalue weighted by Gasteiger charge is -2.21. The van der Waals surface area contributed by atoms with Crippen LogP contribution < -0.4 is 14.8 Å². The zero-order chi connectivity index (χ0) is 22.2. The summed E-state index contributed by atoms with van der Waals surface area (Å²) in [5.74, 6) is 0.699. The smallest absolute Gasteiger partial charge is 0.254 e. The Balaban J connectivity index is 1.58. The number of aromatic nitrogens is 1. The average Bonchev–Trinajstić information content (AvgIpc) is 3.21. The van der Waals surface area contributed by atoms with Gasteiger partial charge in [-0.3, -0.25) is 9.59 Å². The normalized spacial score (nSPS) is 10.4. The summed E-state index contributed by atoms with van der Waals surface area (Å²) in [5.41, 5.74) is 1.93. The molecule has 2 amide bonds. The van der Waals surface area contributed by atoms with E-state index in [1.807, 2.05) is 25.3 Å². The molecule has 0 radical (unpaired) electrons. The van der Waals surface area contributed by atoms with Crippen LogP contribution in [0.3, 0.4) is 0 Å². The number of carbonyl (C=O) groups excluding carboxylic acids is 2. The molecule has 0 bridgehead atoms. The molecule has 1 aromatic heterocycles. The van der Waals surface area contributed by atoms with Crippen LogP contribution in [0.25, 0.3) is 0 Å². The molecule has 8 heteroatoms. The number of aryl methyl sites for hydroxylation is 1. The van der Waals surface area contributed by atoms with Crippen molar-refractivity contribution in [1.82, 2.24) is 9.88 Å². The summed E-state index contributed by atoms with van der Waals surface area (Å²) >= 11 is 1.58. The lowest BCUT2D eigenvalue weighted by Crippen LogP contribution is -2.37. The predicted octanol–water partition coefficient (Wildman–Crippen LogP) is 4.14. The summed E-state index contributed by atoms with van der Waals surface area (Å²) in [6.07, 6.45) is 0. The Hall–Kier alpha value is -3.39. The van der Waals surface area contributed by atoms with Crippen LogP contribution in [0, 0.1) is 6.92 Å². The van der Waals surface area contributed by atoms with Gasteiger partial charge in [0.1, 0.15) is 24.7 Å². The molecule has 1 heterocycles. The van der Waals surface area contributed by atoms with Gasteiger partial charge in [-0.25, -0.2) is 4.98 Å². The number of nitrogens with zero attached hydrogens (tertiary/aromatic N) is 2. The highest BCUT2D eigenvalue weighted by Crippen LogP contribution is 2.23. The summed E-state index contributed by atoms with van der Waals surface area (Å²) in [6, 6.07) is 14.0. The molecule has 162 valence electrons. The molecule has 31 heavy (non-hydrogen) atoms. The van der Waals surface area contributed by atoms with Gasteiger partial charge in [-0.1, -0.05) is 12.1 Å². The molecule has 0 aliphatic carbocycles. The van der Waals surface area contributed by atoms with Crippen LogP contribution in [0.5, 0.6) is 11.5 Å². The number of para-hydroxylation sites is 2. The molecule has 0 unspecified atom stereocenters. The van der Waals surface area contributed by atoms with Crippen molar-refractivity contribution in [2.45, 2.75) is 20.5 Å². The Kier molecular flexibility index (Phi) is 7.61. The molecule has 0 spiro atoms. The number of benzene rings is 2. The summed E-state index contributed by atoms with van der Waals surface area (Å²) < 4.78 is 11.0. The first-order valence-electron chi connectivity index (χ1n) is 9.86. The number of hydrogen-bond donors (Lipinski definition) is 1. The van der Waals surface area contributed by atoms with Gasteiger partial charge < -0.3 is 19.7 Å². The summed E-state index contributed by atoms with van der Waals surface area (Å²) in [5, 5.41) is 5.75. The minimum atomic E-state index is -0.293. The van der Waals surface area contributed by atoms with Crippen LogP contribution >= 0.6 is 11.3 Å². The van der Waals surface area contributed by atoms with Crippen LogP contribution in [0.1, 0.15) is 28.0 Å². The molecule has 2 aromatic carbocycles. The maximum absolute atomic E-state index is 12.9. The summed E-state index contributed by atoms with van der Waals surface area (Å²) in [6.45, 7) is 4.50. The van der Waals surface area contributed by atoms with Gasteiger partial charge in [-0.15, -0.1) is 11.3 Å². The maximum Gasteiger partial charge on any atom is 0.254 e. The van der Waals surface area contributed by atoms with E-state index in [2.05, 4.69) is 10.3 Å². The van der Waals surface area contributed by atoms with Crippen molar-refractivity contribution < 1.29 is 19.1 Å². The zero-order valence-electron chi connectivity index (χ0n) is 17.8. The number of amides is 2. The van der Waals surface area contributed by atoms with Crippen LogP contribution in [0.4, 0.5) is 5.69 Å². The van der Waals surface area contributed by atoms with E-state index in [4.69, 9.17) is 9.47 Å². The van der Waals surface area contributed by atoms with Gasteiger partial charge >= 0.3 is 0 Å². The topological polar surface area (TPSA) is 80.8 Å². The third-order valence-electron chi connectivity index (χ3n) is 4.54. The van der Waals surface area contributed by atoms with Gasteiger partial charge in [0.15, 0.2) is 0 Å². The van der Waals surface area contributed by atoms with E-state index in [-0.39, 0.29) is 18.4 Å². The number of thiazole rings is 1. The van der Waals surface area contributed by atoms with E-state index in [9.17, 15) is 9.59 Å². The molecule has 0 saturated carbocycles. The highest BCUT2D eigenvalue weighted by Gasteiger charge is 2.18. The van der Waals surface area contributed by atoms with Crippen molar-refractivity contribution in [2.24, 2.45) is 0 Å². The van der Waals surface area contributed by atoms with Crippen LogP contribution in [0.15, 0.2) is 53.9 Å². The third-order valence-corrected chi connectivity index (χ3v) is 5.36. The minimum Gasteiger partial charge on any atom is -0.495 e. The Morgan fingerprint density at radius 2 is 1.87 bits per heavy atom. The Morgan fingerprint density at radius 1 is 1.13 bits per heavy atom. The quantitative estimate of drug-likeness (QED) is 0.542. The third kappa shape index (κ3) is 6.05. The Bertz CT molecular complexity index is 1030. The first kappa shape index (κ1) is 22.3. The first-order valence-corrected chi connectivity index (χ1v) is 10.7. The number of hydrogen-bond acceptors (Lipinski definition) is 6. The van der Waals surface area contributed by atoms with Crippen LogP contribution in [-0.2, 0) is 11.4 Å². The van der Waals surface area contributed by atoms with E-state index >= 15 is 0 Å². The van der Waals surface area contributed by atoms with Crippen molar-refractivity contribution >= 4 is 28.8 Å². The standard InChI is InChI=1S/C23H25N3O4S/c1-4-26(13-22(27)25-20-7-5-6-8-21(20)29-3)23(28)17-9-11-19(12-10-17)30-14-18-15-31-16(2)24-18/h5-12,15H,4,13-14H2,1-3H3,(H,25,27). The molecule has 1 N–H and O–H groups in total. The van der Waals surface area contributed by atoms with Crippen molar-refractivity contribution in [3.05, 3.63) is 70.2 Å². The van der Waals surface area contributed by atoms with Gasteiger partial charge in [0.05, 0.1) is 23.5 Å². The highest BCUT2D eigenvalue weighted by atomic mass is 32.1. The molecule has 0 aliphatic heterocycles. The Labute approximate surface area is 185 Å². The second kappa shape index (κ2) is 10.6. The van der Waals surface area contributed by atoms with E-state index in [0.29, 0.717) is 35.9 Å². The van der Waals surface area contributed by atoms with Gasteiger partial charge in [-0.2, -0.15) is 0 Å². The molecular weight excluding hydrogens is 414 g/mol. The summed E-state index contributed by atoms with van der Waals surface area (Å²) in [4.78, 5) is 31.2. The van der Waals surface area contributed by atoms with Crippen molar-refractivity contribution in [3.8, 4) is 11.5 Å². The molecule has 3 aromatic rings. The Morgan fingerprint density at radius 3 is 2.52 bits per heavy atom. The largest absolute Gasteiger partial charge is 0.495 e. The SMILES string of the molecule is CCN(CC(=O)Nc1ccccc1OC)C(=O)c1ccc(OCc2csc(C)n2)cc1. The summed E-state index contributed by atoms with van der Waals surface area (Å²) in [7, 11) is 1.54. The maximum atomic E-state index is 12.9. The molecule has 0 saturated heterocycles. The lowest BCUT2D eigenvalue weighted by atomic mass is 10.2. The molecular formula is C23H25N3O4S. The van der Waals surface area contributed by atoms with E-state index in [1.54, 1.807) is 53.8 Å². The first-order chi connectivity index (χ1) is 15.0. The fourth-order valence-electron chi connectivity index (χ4n) is 2.95. The number of carbonyl (C=O) groups is 2. The van der Waals surface area contributed by atoms with Gasteiger partial charge in [-0.05, 0) is 50.2 Å². The molecule has 0 aliphatic rings. The second-order valence-electron chi connectivity index (χ2n) is 6.74. The lowest BCUT2D eigenvalue weighted by molar-refractivity contribution is -0.116. The van der Waals surface area contributed by atoms with Gasteiger partial charge in [0.25, 0.3) is 5.91 Å². The second-order valence-corrected chi connectivity index (χ2v) is 7.80. The van der Waals surface area contributed by atoms with Crippen LogP contribution in [0.2, 0.25) is 0 Å². The minimum absolute atomic E-state index is 0.0607. The van der Waals surface area contributed by atoms with Crippen LogP contribution in [-0.4, -0.2) is 41.9 Å². The predicted molar refractivity (Wildman–Crippen MR) is 121 cm³/mol. The van der Waals surface area contributed by atoms with Crippen molar-refractivity contribution in [1.29, 1.82) is 0 Å².